The molecule has 0 unspecified atom stereocenters. The number of H-pyrrole nitrogens is 1. The molecule has 11 nitrogen and oxygen atoms in total. The quantitative estimate of drug-likeness (QED) is 0.251. The van der Waals surface area contributed by atoms with Gasteiger partial charge in [0.25, 0.3) is 0 Å². The van der Waals surface area contributed by atoms with E-state index in [0.29, 0.717) is 22.8 Å². The lowest BCUT2D eigenvalue weighted by atomic mass is 10.1. The summed E-state index contributed by atoms with van der Waals surface area (Å²) in [4.78, 5) is 21.3. The molecule has 0 saturated heterocycles. The minimum absolute atomic E-state index is 0.0421. The maximum absolute atomic E-state index is 14.6. The van der Waals surface area contributed by atoms with Crippen LogP contribution in [-0.2, 0) is 0 Å². The molecule has 3 aromatic heterocycles. The Morgan fingerprint density at radius 1 is 1.15 bits per heavy atom. The molecule has 0 spiro atoms. The maximum Gasteiger partial charge on any atom is 0.324 e. The van der Waals surface area contributed by atoms with Gasteiger partial charge in [-0.2, -0.15) is 20.4 Å². The van der Waals surface area contributed by atoms with Crippen molar-refractivity contribution < 1.29 is 13.9 Å². The Morgan fingerprint density at radius 3 is 2.79 bits per heavy atom. The van der Waals surface area contributed by atoms with Crippen LogP contribution in [0.15, 0.2) is 73.2 Å². The first-order chi connectivity index (χ1) is 18.9. The number of urea groups is 1. The van der Waals surface area contributed by atoms with E-state index in [0.717, 1.165) is 11.3 Å². The highest BCUT2D eigenvalue weighted by atomic mass is 19.1. The van der Waals surface area contributed by atoms with Crippen molar-refractivity contribution in [3.8, 4) is 34.8 Å². The summed E-state index contributed by atoms with van der Waals surface area (Å²) in [7, 11) is 0. The number of benzene rings is 2. The van der Waals surface area contributed by atoms with E-state index in [1.54, 1.807) is 48.8 Å². The molecule has 0 bridgehead atoms. The first kappa shape index (κ1) is 25.1. The summed E-state index contributed by atoms with van der Waals surface area (Å²) in [6, 6.07) is 15.6. The highest BCUT2D eigenvalue weighted by Gasteiger charge is 2.17. The molecule has 3 N–H and O–H groups in total. The fraction of sp³-hybridized carbons (Fsp3) is 0.111. The van der Waals surface area contributed by atoms with Crippen molar-refractivity contribution in [3.63, 3.8) is 0 Å². The van der Waals surface area contributed by atoms with Gasteiger partial charge < -0.3 is 10.1 Å². The van der Waals surface area contributed by atoms with Gasteiger partial charge in [0.05, 0.1) is 40.6 Å². The van der Waals surface area contributed by atoms with Gasteiger partial charge in [-0.1, -0.05) is 19.9 Å². The number of carbonyl (C=O) groups excluding carboxylic acids is 1. The Bertz CT molecular complexity index is 1670. The molecule has 39 heavy (non-hydrogen) atoms. The van der Waals surface area contributed by atoms with E-state index < -0.39 is 11.8 Å². The minimum Gasteiger partial charge on any atom is -0.424 e. The van der Waals surface area contributed by atoms with Crippen LogP contribution in [0.1, 0.15) is 31.0 Å². The van der Waals surface area contributed by atoms with E-state index in [1.807, 2.05) is 13.8 Å². The Hall–Kier alpha value is -5.57. The minimum atomic E-state index is -0.697. The Labute approximate surface area is 222 Å². The molecule has 0 aliphatic carbocycles. The summed E-state index contributed by atoms with van der Waals surface area (Å²) in [5.41, 5.74) is 2.99. The molecule has 2 amide bonds. The Morgan fingerprint density at radius 2 is 2.03 bits per heavy atom. The summed E-state index contributed by atoms with van der Waals surface area (Å²) in [6.07, 6.45) is 4.82. The molecule has 3 heterocycles. The zero-order valence-electron chi connectivity index (χ0n) is 20.9. The van der Waals surface area contributed by atoms with Gasteiger partial charge in [0.2, 0.25) is 0 Å². The zero-order chi connectivity index (χ0) is 27.4. The lowest BCUT2D eigenvalue weighted by Gasteiger charge is -2.12. The van der Waals surface area contributed by atoms with E-state index in [9.17, 15) is 14.4 Å². The molecular weight excluding hydrogens is 501 g/mol. The number of anilines is 2. The predicted octanol–water partition coefficient (Wildman–Crippen LogP) is 5.62. The second kappa shape index (κ2) is 10.8. The van der Waals surface area contributed by atoms with Crippen LogP contribution in [-0.4, -0.2) is 36.0 Å². The van der Waals surface area contributed by atoms with Crippen molar-refractivity contribution in [2.24, 2.45) is 0 Å². The maximum atomic E-state index is 14.6. The van der Waals surface area contributed by atoms with E-state index in [1.165, 1.54) is 29.1 Å². The molecule has 5 aromatic rings. The van der Waals surface area contributed by atoms with Gasteiger partial charge in [-0.25, -0.2) is 18.9 Å². The average Bonchev–Trinajstić information content (AvgIpc) is 3.62. The third-order valence-electron chi connectivity index (χ3n) is 5.60. The molecule has 0 radical (unpaired) electrons. The largest absolute Gasteiger partial charge is 0.424 e. The molecule has 2 aromatic carbocycles. The third-order valence-corrected chi connectivity index (χ3v) is 5.60. The number of nitriles is 1. The van der Waals surface area contributed by atoms with Crippen LogP contribution in [0, 0.1) is 17.1 Å². The smallest absolute Gasteiger partial charge is 0.324 e. The molecule has 0 aliphatic heterocycles. The number of ether oxygens (including phenoxy) is 1. The fourth-order valence-corrected chi connectivity index (χ4v) is 3.66. The van der Waals surface area contributed by atoms with Gasteiger partial charge in [0.1, 0.15) is 17.4 Å². The van der Waals surface area contributed by atoms with Crippen LogP contribution in [0.5, 0.6) is 11.8 Å². The van der Waals surface area contributed by atoms with Crippen LogP contribution in [0.25, 0.3) is 16.9 Å². The summed E-state index contributed by atoms with van der Waals surface area (Å²) in [5.74, 6) is -0.0155. The first-order valence-electron chi connectivity index (χ1n) is 11.9. The number of aromatic amines is 1. The van der Waals surface area contributed by atoms with E-state index >= 15 is 0 Å². The SMILES string of the molecule is CC(C)c1cc(NC(=O)Nc2cc(Oc3nccc(-c4cn[nH]c4)n3)ccc2F)n(-c2cccc(C#N)c2)n1. The van der Waals surface area contributed by atoms with Gasteiger partial charge in [0.15, 0.2) is 0 Å². The van der Waals surface area contributed by atoms with Gasteiger partial charge in [-0.05, 0) is 42.3 Å². The molecule has 0 saturated carbocycles. The molecule has 0 aliphatic rings. The topological polar surface area (TPSA) is 146 Å². The van der Waals surface area contributed by atoms with Crippen molar-refractivity contribution in [1.82, 2.24) is 29.9 Å². The first-order valence-corrected chi connectivity index (χ1v) is 11.9. The van der Waals surface area contributed by atoms with Crippen LogP contribution in [0.4, 0.5) is 20.7 Å². The number of halogens is 1. The summed E-state index contributed by atoms with van der Waals surface area (Å²) in [6.45, 7) is 3.94. The van der Waals surface area contributed by atoms with Gasteiger partial charge in [-0.15, -0.1) is 0 Å². The number of nitrogens with zero attached hydrogens (tertiary/aromatic N) is 6. The second-order valence-corrected chi connectivity index (χ2v) is 8.72. The van der Waals surface area contributed by atoms with Crippen molar-refractivity contribution in [2.45, 2.75) is 19.8 Å². The van der Waals surface area contributed by atoms with Crippen LogP contribution in [0.2, 0.25) is 0 Å². The lowest BCUT2D eigenvalue weighted by Crippen LogP contribution is -2.22. The van der Waals surface area contributed by atoms with E-state index in [-0.39, 0.29) is 23.4 Å². The standard InChI is InChI=1S/C27H22FN9O2/c1-16(2)23-12-25(37(36-23)19-5-3-4-17(10-19)13-29)35-26(38)33-24-11-20(6-7-21(24)28)39-27-30-9-8-22(34-27)18-14-31-32-15-18/h3-12,14-16H,1-2H3,(H,31,32)(H2,33,35,38). The monoisotopic (exact) mass is 523 g/mol. The van der Waals surface area contributed by atoms with Crippen LogP contribution in [0.3, 0.4) is 0 Å². The Balaban J connectivity index is 1.35. The van der Waals surface area contributed by atoms with Crippen molar-refractivity contribution >= 4 is 17.5 Å². The highest BCUT2D eigenvalue weighted by Crippen LogP contribution is 2.27. The summed E-state index contributed by atoms with van der Waals surface area (Å²) < 4.78 is 21.8. The zero-order valence-corrected chi connectivity index (χ0v) is 20.9. The van der Waals surface area contributed by atoms with Crippen LogP contribution < -0.4 is 15.4 Å². The van der Waals surface area contributed by atoms with E-state index in [4.69, 9.17) is 4.74 Å². The molecule has 0 fully saturated rings. The van der Waals surface area contributed by atoms with Crippen LogP contribution >= 0.6 is 0 Å². The van der Waals surface area contributed by atoms with Crippen molar-refractivity contribution in [1.29, 1.82) is 5.26 Å². The van der Waals surface area contributed by atoms with Gasteiger partial charge in [-0.3, -0.25) is 10.4 Å². The predicted molar refractivity (Wildman–Crippen MR) is 141 cm³/mol. The average molecular weight is 524 g/mol. The number of aromatic nitrogens is 6. The second-order valence-electron chi connectivity index (χ2n) is 8.72. The summed E-state index contributed by atoms with van der Waals surface area (Å²) >= 11 is 0. The van der Waals surface area contributed by atoms with Gasteiger partial charge >= 0.3 is 12.0 Å². The van der Waals surface area contributed by atoms with Gasteiger partial charge in [0, 0.05) is 30.1 Å². The summed E-state index contributed by atoms with van der Waals surface area (Å²) in [5, 5.41) is 25.7. The molecular formula is C27H22FN9O2. The molecule has 5 rings (SSSR count). The number of rotatable bonds is 7. The highest BCUT2D eigenvalue weighted by molar-refractivity contribution is 5.99. The normalized spacial score (nSPS) is 10.7. The van der Waals surface area contributed by atoms with E-state index in [2.05, 4.69) is 42.0 Å². The molecule has 0 atom stereocenters. The number of carbonyl (C=O) groups is 1. The molecule has 12 heteroatoms. The van der Waals surface area contributed by atoms with Crippen molar-refractivity contribution in [3.05, 3.63) is 90.3 Å². The lowest BCUT2D eigenvalue weighted by molar-refractivity contribution is 0.262. The number of hydrogen-bond acceptors (Lipinski definition) is 7. The van der Waals surface area contributed by atoms with Crippen molar-refractivity contribution in [2.75, 3.05) is 10.6 Å². The fourth-order valence-electron chi connectivity index (χ4n) is 3.66. The molecule has 194 valence electrons. The number of nitrogens with one attached hydrogen (secondary N) is 3. The Kier molecular flexibility index (Phi) is 6.96. The third kappa shape index (κ3) is 5.72. The number of amides is 2. The number of hydrogen-bond donors (Lipinski definition) is 3.